The van der Waals surface area contributed by atoms with E-state index in [9.17, 15) is 19.0 Å². The Labute approximate surface area is 456 Å². The van der Waals surface area contributed by atoms with E-state index >= 15 is 0 Å². The molecule has 0 rings (SSSR count). The summed E-state index contributed by atoms with van der Waals surface area (Å²) in [5.41, 5.74) is 0. The number of phosphoric ester groups is 1. The highest BCUT2D eigenvalue weighted by atomic mass is 31.2. The molecule has 0 aliphatic carbocycles. The first-order valence-corrected chi connectivity index (χ1v) is 31.9. The van der Waals surface area contributed by atoms with Gasteiger partial charge in [0.15, 0.2) is 0 Å². The lowest BCUT2D eigenvalue weighted by Crippen LogP contribution is -2.47. The quantitative estimate of drug-likeness (QED) is 0.0212. The van der Waals surface area contributed by atoms with Crippen molar-refractivity contribution in [2.24, 2.45) is 0 Å². The van der Waals surface area contributed by atoms with Gasteiger partial charge in [0.1, 0.15) is 19.3 Å². The van der Waals surface area contributed by atoms with E-state index in [0.717, 1.165) is 77.0 Å². The Morgan fingerprint density at radius 2 is 0.838 bits per heavy atom. The molecule has 0 aromatic carbocycles. The van der Waals surface area contributed by atoms with E-state index in [-0.39, 0.29) is 31.3 Å². The van der Waals surface area contributed by atoms with Gasteiger partial charge in [-0.2, -0.15) is 0 Å². The summed E-state index contributed by atoms with van der Waals surface area (Å²) in [6.07, 6.45) is 69.9. The number of nitrogens with one attached hydrogen (secondary N) is 1. The van der Waals surface area contributed by atoms with Gasteiger partial charge < -0.3 is 28.5 Å². The van der Waals surface area contributed by atoms with Crippen LogP contribution >= 0.6 is 7.82 Å². The van der Waals surface area contributed by atoms with Crippen molar-refractivity contribution in [3.05, 3.63) is 85.1 Å². The molecule has 0 saturated carbocycles. The molecule has 0 saturated heterocycles. The van der Waals surface area contributed by atoms with Gasteiger partial charge in [0, 0.05) is 12.8 Å². The maximum atomic E-state index is 13.4. The zero-order valence-electron chi connectivity index (χ0n) is 48.8. The lowest BCUT2D eigenvalue weighted by molar-refractivity contribution is -0.870. The first-order valence-electron chi connectivity index (χ1n) is 30.4. The molecule has 428 valence electrons. The molecule has 0 aromatic rings. The van der Waals surface area contributed by atoms with E-state index in [4.69, 9.17) is 13.8 Å². The van der Waals surface area contributed by atoms with Crippen molar-refractivity contribution in [3.8, 4) is 0 Å². The summed E-state index contributed by atoms with van der Waals surface area (Å²) in [5.74, 6) is -0.634. The van der Waals surface area contributed by atoms with Gasteiger partial charge >= 0.3 is 5.97 Å². The van der Waals surface area contributed by atoms with Gasteiger partial charge in [0.05, 0.1) is 33.8 Å². The molecule has 0 aliphatic rings. The lowest BCUT2D eigenvalue weighted by Gasteiger charge is -2.30. The minimum atomic E-state index is -4.71. The number of allylic oxidation sites excluding steroid dienone is 13. The van der Waals surface area contributed by atoms with Crippen LogP contribution in [0.15, 0.2) is 85.1 Å². The highest BCUT2D eigenvalue weighted by Gasteiger charge is 2.27. The minimum absolute atomic E-state index is 0.0365. The smallest absolute Gasteiger partial charge is 0.306 e. The number of nitrogens with zero attached hydrogens (tertiary/aromatic N) is 1. The SMILES string of the molecule is CCCCC/C=C\C/C=C\C/C=C\C/C=C\CCCCCCCCCC(=O)OC(/C=C\CCCCCCCCCCCC)C(COP(=O)([O-])OCC[N+](C)(C)C)NC(=O)CC/C=C/C/C=C\CCCCCCCC. The highest BCUT2D eigenvalue weighted by molar-refractivity contribution is 7.45. The Kier molecular flexibility index (Phi) is 51.5. The van der Waals surface area contributed by atoms with Crippen molar-refractivity contribution in [2.45, 2.75) is 270 Å². The van der Waals surface area contributed by atoms with Crippen molar-refractivity contribution in [1.82, 2.24) is 5.32 Å². The van der Waals surface area contributed by atoms with Gasteiger partial charge in [0.25, 0.3) is 7.82 Å². The van der Waals surface area contributed by atoms with Crippen LogP contribution in [0.1, 0.15) is 258 Å². The Balaban J connectivity index is 5.29. The average molecular weight is 1060 g/mol. The fourth-order valence-electron chi connectivity index (χ4n) is 8.32. The number of ether oxygens (including phenoxy) is 1. The summed E-state index contributed by atoms with van der Waals surface area (Å²) in [6.45, 7) is 6.74. The second kappa shape index (κ2) is 53.6. The van der Waals surface area contributed by atoms with E-state index in [0.29, 0.717) is 23.9 Å². The molecule has 0 fully saturated rings. The normalized spacial score (nSPS) is 14.3. The number of hydrogen-bond donors (Lipinski definition) is 1. The van der Waals surface area contributed by atoms with Crippen LogP contribution in [0.2, 0.25) is 0 Å². The van der Waals surface area contributed by atoms with E-state index in [1.165, 1.54) is 135 Å². The molecule has 0 bridgehead atoms. The van der Waals surface area contributed by atoms with Crippen molar-refractivity contribution in [3.63, 3.8) is 0 Å². The molecule has 74 heavy (non-hydrogen) atoms. The summed E-state index contributed by atoms with van der Waals surface area (Å²) in [4.78, 5) is 39.9. The van der Waals surface area contributed by atoms with Gasteiger partial charge in [-0.3, -0.25) is 14.2 Å². The number of quaternary nitrogens is 1. The summed E-state index contributed by atoms with van der Waals surface area (Å²) < 4.78 is 30.2. The molecular formula is C64H115N2O7P. The summed E-state index contributed by atoms with van der Waals surface area (Å²) >= 11 is 0. The number of rotatable bonds is 54. The Bertz CT molecular complexity index is 1540. The van der Waals surface area contributed by atoms with Gasteiger partial charge in [-0.15, -0.1) is 0 Å². The van der Waals surface area contributed by atoms with Gasteiger partial charge in [-0.05, 0) is 96.0 Å². The lowest BCUT2D eigenvalue weighted by atomic mass is 10.1. The van der Waals surface area contributed by atoms with E-state index < -0.39 is 26.6 Å². The van der Waals surface area contributed by atoms with Gasteiger partial charge in [-0.1, -0.05) is 235 Å². The number of likely N-dealkylation sites (N-methyl/N-ethyl adjacent to an activating group) is 1. The largest absolute Gasteiger partial charge is 0.756 e. The molecular weight excluding hydrogens is 940 g/mol. The third-order valence-electron chi connectivity index (χ3n) is 13.1. The molecule has 1 N–H and O–H groups in total. The highest BCUT2D eigenvalue weighted by Crippen LogP contribution is 2.38. The first-order chi connectivity index (χ1) is 35.9. The van der Waals surface area contributed by atoms with E-state index in [2.05, 4.69) is 92.9 Å². The zero-order valence-corrected chi connectivity index (χ0v) is 49.7. The summed E-state index contributed by atoms with van der Waals surface area (Å²) in [7, 11) is 1.14. The van der Waals surface area contributed by atoms with E-state index in [1.54, 1.807) is 0 Å². The van der Waals surface area contributed by atoms with Crippen LogP contribution in [-0.4, -0.2) is 69.4 Å². The van der Waals surface area contributed by atoms with Crippen molar-refractivity contribution in [1.29, 1.82) is 0 Å². The number of unbranched alkanes of at least 4 members (excludes halogenated alkanes) is 26. The van der Waals surface area contributed by atoms with Gasteiger partial charge in [-0.25, -0.2) is 0 Å². The standard InChI is InChI=1S/C64H115N2O7P/c1-7-10-13-16-19-22-25-28-29-30-31-32-33-34-35-36-37-39-42-45-48-51-54-57-64(68)73-62(55-52-49-46-43-40-27-24-21-18-15-12-9-3)61(60-72-74(69,70)71-59-58-66(4,5)6)65-63(67)56-53-50-47-44-41-38-26-23-20-17-14-11-8-2/h19,22,28-29,31-32,34-35,38,41,47,50,52,55,61-62H,7-18,20-21,23-27,30,33,36-37,39-40,42-46,48-49,51,53-54,56-60H2,1-6H3,(H-,65,67,69,70)/b22-19-,29-28-,32-31-,35-34-,41-38-,50-47+,55-52-. The second-order valence-corrected chi connectivity index (χ2v) is 22.9. The molecule has 0 aromatic heterocycles. The molecule has 1 amide bonds. The predicted molar refractivity (Wildman–Crippen MR) is 316 cm³/mol. The maximum absolute atomic E-state index is 13.4. The minimum Gasteiger partial charge on any atom is -0.756 e. The van der Waals surface area contributed by atoms with Crippen LogP contribution in [-0.2, 0) is 27.9 Å². The number of carbonyl (C=O) groups is 2. The maximum Gasteiger partial charge on any atom is 0.306 e. The van der Waals surface area contributed by atoms with Gasteiger partial charge in [0.2, 0.25) is 5.91 Å². The number of carbonyl (C=O) groups excluding carboxylic acids is 2. The zero-order chi connectivity index (χ0) is 54.3. The third-order valence-corrected chi connectivity index (χ3v) is 14.0. The number of phosphoric acid groups is 1. The predicted octanol–water partition coefficient (Wildman–Crippen LogP) is 18.0. The summed E-state index contributed by atoms with van der Waals surface area (Å²) in [5, 5.41) is 2.98. The van der Waals surface area contributed by atoms with Crippen LogP contribution in [0.3, 0.4) is 0 Å². The molecule has 0 aliphatic heterocycles. The van der Waals surface area contributed by atoms with Crippen molar-refractivity contribution in [2.75, 3.05) is 40.9 Å². The Hall–Kier alpha value is -2.81. The molecule has 0 heterocycles. The molecule has 0 radical (unpaired) electrons. The number of esters is 1. The van der Waals surface area contributed by atoms with Crippen LogP contribution in [0.5, 0.6) is 0 Å². The molecule has 3 atom stereocenters. The first kappa shape index (κ1) is 71.2. The third kappa shape index (κ3) is 54.0. The number of hydrogen-bond acceptors (Lipinski definition) is 7. The molecule has 0 spiro atoms. The van der Waals surface area contributed by atoms with Crippen LogP contribution < -0.4 is 10.2 Å². The van der Waals surface area contributed by atoms with Crippen LogP contribution in [0.4, 0.5) is 0 Å². The molecule has 3 unspecified atom stereocenters. The summed E-state index contributed by atoms with van der Waals surface area (Å²) in [6, 6.07) is -0.926. The van der Waals surface area contributed by atoms with E-state index in [1.807, 2.05) is 39.4 Å². The monoisotopic (exact) mass is 1050 g/mol. The Morgan fingerprint density at radius 1 is 0.473 bits per heavy atom. The molecule has 9 nitrogen and oxygen atoms in total. The average Bonchev–Trinajstić information content (AvgIpc) is 3.36. The van der Waals surface area contributed by atoms with Crippen molar-refractivity contribution < 1.29 is 37.3 Å². The topological polar surface area (TPSA) is 114 Å². The van der Waals surface area contributed by atoms with Crippen molar-refractivity contribution >= 4 is 19.7 Å². The Morgan fingerprint density at radius 3 is 1.28 bits per heavy atom. The number of amides is 1. The van der Waals surface area contributed by atoms with Crippen LogP contribution in [0.25, 0.3) is 0 Å². The van der Waals surface area contributed by atoms with Crippen LogP contribution in [0, 0.1) is 0 Å². The fraction of sp³-hybridized carbons (Fsp3) is 0.750. The fourth-order valence-corrected chi connectivity index (χ4v) is 9.04. The second-order valence-electron chi connectivity index (χ2n) is 21.5. The molecule has 10 heteroatoms.